The van der Waals surface area contributed by atoms with Crippen LogP contribution in [0.3, 0.4) is 0 Å². The van der Waals surface area contributed by atoms with Gasteiger partial charge in [-0.1, -0.05) is 6.08 Å². The first kappa shape index (κ1) is 21.1. The van der Waals surface area contributed by atoms with Gasteiger partial charge in [-0.3, -0.25) is 9.59 Å². The van der Waals surface area contributed by atoms with Crippen LogP contribution in [-0.2, 0) is 4.79 Å². The molecule has 2 aromatic rings. The first-order chi connectivity index (χ1) is 15.1. The number of nitrogens with two attached hydrogens (primary N) is 1. The lowest BCUT2D eigenvalue weighted by molar-refractivity contribution is -0.125. The highest BCUT2D eigenvalue weighted by atomic mass is 16.2. The van der Waals surface area contributed by atoms with Crippen LogP contribution in [-0.4, -0.2) is 53.5 Å². The number of pyridine rings is 2. The average molecular weight is 423 g/mol. The van der Waals surface area contributed by atoms with E-state index in [0.717, 1.165) is 42.8 Å². The van der Waals surface area contributed by atoms with Crippen molar-refractivity contribution in [1.82, 2.24) is 14.9 Å². The number of nitrogens with zero attached hydrogens (tertiary/aromatic N) is 2. The summed E-state index contributed by atoms with van der Waals surface area (Å²) in [6, 6.07) is 5.96. The van der Waals surface area contributed by atoms with E-state index in [9.17, 15) is 9.59 Å². The number of likely N-dealkylation sites (tertiary alicyclic amines) is 1. The zero-order chi connectivity index (χ0) is 21.8. The third kappa shape index (κ3) is 4.96. The first-order valence-electron chi connectivity index (χ1n) is 10.9. The van der Waals surface area contributed by atoms with Crippen LogP contribution in [0.25, 0.3) is 11.1 Å². The van der Waals surface area contributed by atoms with Crippen LogP contribution in [0.5, 0.6) is 0 Å². The van der Waals surface area contributed by atoms with E-state index in [1.807, 2.05) is 30.1 Å². The van der Waals surface area contributed by atoms with E-state index in [2.05, 4.69) is 20.6 Å². The van der Waals surface area contributed by atoms with Crippen LogP contribution in [0.1, 0.15) is 19.3 Å². The molecule has 4 rings (SSSR count). The number of carbonyl (C=O) groups excluding carboxylic acids is 1. The molecule has 8 heteroatoms. The predicted octanol–water partition coefficient (Wildman–Crippen LogP) is 2.03. The molecule has 1 saturated heterocycles. The molecule has 5 N–H and O–H groups in total. The third-order valence-electron chi connectivity index (χ3n) is 6.15. The van der Waals surface area contributed by atoms with E-state index in [1.165, 1.54) is 0 Å². The summed E-state index contributed by atoms with van der Waals surface area (Å²) in [7, 11) is 1.83. The van der Waals surface area contributed by atoms with Crippen molar-refractivity contribution < 1.29 is 4.79 Å². The molecule has 1 aliphatic carbocycles. The van der Waals surface area contributed by atoms with Gasteiger partial charge in [-0.05, 0) is 54.9 Å². The minimum absolute atomic E-state index is 0.0142. The Hall–Kier alpha value is -3.13. The van der Waals surface area contributed by atoms with E-state index >= 15 is 0 Å². The summed E-state index contributed by atoms with van der Waals surface area (Å²) in [5, 5.41) is 6.58. The molecule has 0 bridgehead atoms. The second kappa shape index (κ2) is 9.34. The van der Waals surface area contributed by atoms with Gasteiger partial charge in [-0.15, -0.1) is 0 Å². The topological polar surface area (TPSA) is 116 Å². The van der Waals surface area contributed by atoms with Crippen molar-refractivity contribution in [2.45, 2.75) is 25.3 Å². The number of aromatic nitrogens is 2. The van der Waals surface area contributed by atoms with Crippen LogP contribution < -0.4 is 21.9 Å². The van der Waals surface area contributed by atoms with Crippen molar-refractivity contribution in [3.63, 3.8) is 0 Å². The monoisotopic (exact) mass is 422 g/mol. The maximum Gasteiger partial charge on any atom is 0.271 e. The van der Waals surface area contributed by atoms with Gasteiger partial charge in [0.05, 0.1) is 0 Å². The molecule has 1 saturated carbocycles. The van der Waals surface area contributed by atoms with Crippen molar-refractivity contribution in [2.24, 2.45) is 17.6 Å². The molecule has 3 heterocycles. The van der Waals surface area contributed by atoms with Gasteiger partial charge in [-0.25, -0.2) is 4.98 Å². The van der Waals surface area contributed by atoms with Gasteiger partial charge in [0.15, 0.2) is 0 Å². The molecule has 2 atom stereocenters. The van der Waals surface area contributed by atoms with Gasteiger partial charge in [0.25, 0.3) is 5.56 Å². The average Bonchev–Trinajstić information content (AvgIpc) is 3.52. The Labute approximate surface area is 181 Å². The summed E-state index contributed by atoms with van der Waals surface area (Å²) in [4.78, 5) is 33.9. The molecule has 2 fully saturated rings. The normalized spacial score (nSPS) is 19.5. The number of aromatic amines is 1. The Balaban J connectivity index is 1.52. The molecule has 1 amide bonds. The highest BCUT2D eigenvalue weighted by molar-refractivity contribution is 5.87. The summed E-state index contributed by atoms with van der Waals surface area (Å²) in [6.07, 6.45) is 9.97. The highest BCUT2D eigenvalue weighted by Crippen LogP contribution is 2.40. The fraction of sp³-hybridized carbons (Fsp3) is 0.435. The Bertz CT molecular complexity index is 1010. The molecule has 1 unspecified atom stereocenters. The van der Waals surface area contributed by atoms with E-state index in [4.69, 9.17) is 5.73 Å². The quantitative estimate of drug-likeness (QED) is 0.484. The zero-order valence-corrected chi connectivity index (χ0v) is 17.8. The molecule has 164 valence electrons. The fourth-order valence-electron chi connectivity index (χ4n) is 4.31. The minimum Gasteiger partial charge on any atom is -0.377 e. The zero-order valence-electron chi connectivity index (χ0n) is 17.8. The van der Waals surface area contributed by atoms with Gasteiger partial charge in [0, 0.05) is 56.8 Å². The van der Waals surface area contributed by atoms with Gasteiger partial charge in [-0.2, -0.15) is 0 Å². The van der Waals surface area contributed by atoms with Crippen molar-refractivity contribution in [3.8, 4) is 11.1 Å². The summed E-state index contributed by atoms with van der Waals surface area (Å²) in [5.41, 5.74) is 7.81. The lowest BCUT2D eigenvalue weighted by atomic mass is 9.94. The van der Waals surface area contributed by atoms with E-state index in [-0.39, 0.29) is 17.5 Å². The van der Waals surface area contributed by atoms with Crippen molar-refractivity contribution >= 4 is 17.4 Å². The van der Waals surface area contributed by atoms with Gasteiger partial charge in [0.2, 0.25) is 5.91 Å². The van der Waals surface area contributed by atoms with E-state index in [1.54, 1.807) is 24.5 Å². The molecule has 2 aromatic heterocycles. The third-order valence-corrected chi connectivity index (χ3v) is 6.15. The molecule has 0 aromatic carbocycles. The Morgan fingerprint density at radius 3 is 2.90 bits per heavy atom. The number of anilines is 2. The number of amides is 1. The van der Waals surface area contributed by atoms with Crippen molar-refractivity contribution in [2.75, 3.05) is 37.3 Å². The number of nitrogens with one attached hydrogen (secondary N) is 3. The van der Waals surface area contributed by atoms with Crippen LogP contribution in [0.2, 0.25) is 0 Å². The second-order valence-corrected chi connectivity index (χ2v) is 8.29. The standard InChI is InChI=1S/C23H30N6O2/c1-25-20-12-16(6-9-26-20)18-11-19(23(31)27-13-18)28-22(15-4-5-15)17-7-10-29(14-17)21(30)3-2-8-24/h2-3,6,9,11-13,15,17,22,28H,4-5,7-8,10,14,24H2,1H3,(H,25,26)(H,27,31)/b3-2+/t17?,22-/m1/s1. The Morgan fingerprint density at radius 2 is 2.16 bits per heavy atom. The molecule has 0 radical (unpaired) electrons. The SMILES string of the molecule is CNc1cc(-c2c[nH]c(=O)c(N[C@H](C3CC3)C3CCN(C(=O)/C=C/CN)C3)c2)ccn1. The minimum atomic E-state index is -0.130. The smallest absolute Gasteiger partial charge is 0.271 e. The summed E-state index contributed by atoms with van der Waals surface area (Å²) in [5.74, 6) is 1.65. The van der Waals surface area contributed by atoms with Crippen molar-refractivity contribution in [1.29, 1.82) is 0 Å². The molecule has 1 aliphatic heterocycles. The second-order valence-electron chi connectivity index (χ2n) is 8.29. The predicted molar refractivity (Wildman–Crippen MR) is 123 cm³/mol. The van der Waals surface area contributed by atoms with Gasteiger partial charge >= 0.3 is 0 Å². The van der Waals surface area contributed by atoms with Crippen LogP contribution in [0, 0.1) is 11.8 Å². The van der Waals surface area contributed by atoms with Crippen molar-refractivity contribution in [3.05, 3.63) is 53.1 Å². The van der Waals surface area contributed by atoms with Crippen LogP contribution >= 0.6 is 0 Å². The largest absolute Gasteiger partial charge is 0.377 e. The lowest BCUT2D eigenvalue weighted by Gasteiger charge is -2.26. The number of hydrogen-bond donors (Lipinski definition) is 4. The number of H-pyrrole nitrogens is 1. The molecule has 8 nitrogen and oxygen atoms in total. The maximum atomic E-state index is 12.6. The number of hydrogen-bond acceptors (Lipinski definition) is 6. The summed E-state index contributed by atoms with van der Waals surface area (Å²) >= 11 is 0. The summed E-state index contributed by atoms with van der Waals surface area (Å²) < 4.78 is 0. The molecule has 2 aliphatic rings. The van der Waals surface area contributed by atoms with E-state index < -0.39 is 0 Å². The number of rotatable bonds is 8. The highest BCUT2D eigenvalue weighted by Gasteiger charge is 2.40. The summed E-state index contributed by atoms with van der Waals surface area (Å²) in [6.45, 7) is 1.81. The van der Waals surface area contributed by atoms with Crippen LogP contribution in [0.4, 0.5) is 11.5 Å². The molecule has 0 spiro atoms. The van der Waals surface area contributed by atoms with Crippen LogP contribution in [0.15, 0.2) is 47.5 Å². The van der Waals surface area contributed by atoms with Gasteiger partial charge < -0.3 is 26.3 Å². The molecular formula is C23H30N6O2. The van der Waals surface area contributed by atoms with Gasteiger partial charge in [0.1, 0.15) is 11.5 Å². The first-order valence-corrected chi connectivity index (χ1v) is 10.9. The fourth-order valence-corrected chi connectivity index (χ4v) is 4.31. The molecule has 31 heavy (non-hydrogen) atoms. The Morgan fingerprint density at radius 1 is 1.32 bits per heavy atom. The number of carbonyl (C=O) groups is 1. The molecular weight excluding hydrogens is 392 g/mol. The Kier molecular flexibility index (Phi) is 6.36. The maximum absolute atomic E-state index is 12.6. The van der Waals surface area contributed by atoms with E-state index in [0.29, 0.717) is 30.6 Å². The lowest BCUT2D eigenvalue weighted by Crippen LogP contribution is -2.36.